The average molecular weight is 651 g/mol. The van der Waals surface area contributed by atoms with Gasteiger partial charge in [0.05, 0.1) is 0 Å². The summed E-state index contributed by atoms with van der Waals surface area (Å²) in [5, 5.41) is 20.6. The van der Waals surface area contributed by atoms with E-state index in [9.17, 15) is 14.4 Å². The van der Waals surface area contributed by atoms with Gasteiger partial charge in [0.25, 0.3) is 0 Å². The van der Waals surface area contributed by atoms with Crippen LogP contribution >= 0.6 is 15.9 Å². The molecule has 0 radical (unpaired) electrons. The first-order valence-electron chi connectivity index (χ1n) is 9.77. The van der Waals surface area contributed by atoms with Crippen molar-refractivity contribution in [2.24, 2.45) is 0 Å². The molecule has 10 heteroatoms. The predicted octanol–water partition coefficient (Wildman–Crippen LogP) is 4.22. The van der Waals surface area contributed by atoms with E-state index < -0.39 is 17.6 Å². The Balaban J connectivity index is 0.000000142. The summed E-state index contributed by atoms with van der Waals surface area (Å²) >= 11 is 3.85. The fourth-order valence-electron chi connectivity index (χ4n) is 3.57. The molecule has 7 nitrogen and oxygen atoms in total. The molecule has 0 bridgehead atoms. The standard InChI is InChI=1S/C12H5BrO4Se.C12H8O3Se/c13-8-4-18-10-6(8)2-1-5-3-7(11(14)15)12(16)17-9(5)10;13-12(14)9-5-8-2-1-7-3-4-16-11(7)10(8)15-6-9/h1-4H,(H,14,15);1-5H,6H2,(H,13,14). The maximum atomic E-state index is 11.6. The van der Waals surface area contributed by atoms with Crippen molar-refractivity contribution in [2.75, 3.05) is 6.61 Å². The van der Waals surface area contributed by atoms with Crippen LogP contribution in [0.5, 0.6) is 5.75 Å². The Kier molecular flexibility index (Phi) is 6.10. The molecule has 0 saturated carbocycles. The molecule has 0 unspecified atom stereocenters. The summed E-state index contributed by atoms with van der Waals surface area (Å²) in [7, 11) is 0. The minimum atomic E-state index is -1.27. The molecule has 4 heterocycles. The van der Waals surface area contributed by atoms with E-state index in [1.807, 2.05) is 23.1 Å². The Morgan fingerprint density at radius 2 is 1.76 bits per heavy atom. The quantitative estimate of drug-likeness (QED) is 0.217. The SMILES string of the molecule is O=C(O)C1=Cc2ccc3cc[se]c3c2OC1.O=C(O)c1cc2ccc3c(Br)c[se]c3c2oc1=O. The van der Waals surface area contributed by atoms with Gasteiger partial charge in [-0.25, -0.2) is 0 Å². The van der Waals surface area contributed by atoms with Gasteiger partial charge in [0.1, 0.15) is 0 Å². The molecule has 0 atom stereocenters. The first-order valence-corrected chi connectivity index (χ1v) is 14.3. The normalized spacial score (nSPS) is 12.6. The van der Waals surface area contributed by atoms with E-state index >= 15 is 0 Å². The van der Waals surface area contributed by atoms with Crippen LogP contribution in [0.3, 0.4) is 0 Å². The van der Waals surface area contributed by atoms with E-state index in [-0.39, 0.29) is 26.7 Å². The molecular formula is C24H13BrO7Se2. The van der Waals surface area contributed by atoms with Crippen molar-refractivity contribution in [2.45, 2.75) is 0 Å². The summed E-state index contributed by atoms with van der Waals surface area (Å²) in [5.41, 5.74) is 0.550. The van der Waals surface area contributed by atoms with Gasteiger partial charge in [-0.2, -0.15) is 0 Å². The van der Waals surface area contributed by atoms with Crippen LogP contribution in [0.2, 0.25) is 0 Å². The summed E-state index contributed by atoms with van der Waals surface area (Å²) in [6.07, 6.45) is 1.70. The van der Waals surface area contributed by atoms with E-state index in [0.717, 1.165) is 25.4 Å². The van der Waals surface area contributed by atoms with E-state index in [2.05, 4.69) is 26.9 Å². The van der Waals surface area contributed by atoms with Crippen LogP contribution in [0.25, 0.3) is 36.3 Å². The molecule has 34 heavy (non-hydrogen) atoms. The van der Waals surface area contributed by atoms with Gasteiger partial charge in [-0.15, -0.1) is 0 Å². The Morgan fingerprint density at radius 3 is 2.53 bits per heavy atom. The molecule has 1 aliphatic rings. The molecule has 2 N–H and O–H groups in total. The fourth-order valence-corrected chi connectivity index (χ4v) is 8.52. The molecule has 0 fully saturated rings. The monoisotopic (exact) mass is 652 g/mol. The van der Waals surface area contributed by atoms with Crippen LogP contribution in [-0.4, -0.2) is 57.8 Å². The fraction of sp³-hybridized carbons (Fsp3) is 0.0417. The van der Waals surface area contributed by atoms with E-state index in [4.69, 9.17) is 19.4 Å². The van der Waals surface area contributed by atoms with Crippen LogP contribution in [0.1, 0.15) is 15.9 Å². The third-order valence-corrected chi connectivity index (χ3v) is 10.6. The zero-order valence-electron chi connectivity index (χ0n) is 17.0. The van der Waals surface area contributed by atoms with Crippen LogP contribution in [-0.2, 0) is 4.79 Å². The number of halogens is 1. The number of hydrogen-bond donors (Lipinski definition) is 2. The van der Waals surface area contributed by atoms with Crippen molar-refractivity contribution in [3.05, 3.63) is 77.9 Å². The molecule has 0 saturated heterocycles. The molecule has 2 aromatic carbocycles. The van der Waals surface area contributed by atoms with Crippen LogP contribution in [0, 0.1) is 0 Å². The second-order valence-electron chi connectivity index (χ2n) is 7.28. The van der Waals surface area contributed by atoms with E-state index in [0.29, 0.717) is 31.0 Å². The Hall–Kier alpha value is -2.87. The Bertz CT molecular complexity index is 1710. The molecule has 3 aromatic heterocycles. The van der Waals surface area contributed by atoms with Crippen molar-refractivity contribution in [1.29, 1.82) is 0 Å². The molecule has 0 amide bonds. The zero-order valence-corrected chi connectivity index (χ0v) is 22.0. The number of benzene rings is 2. The average Bonchev–Trinajstić information content (AvgIpc) is 3.45. The molecule has 6 rings (SSSR count). The Labute approximate surface area is 211 Å². The van der Waals surface area contributed by atoms with E-state index in [1.165, 1.54) is 15.7 Å². The molecule has 170 valence electrons. The summed E-state index contributed by atoms with van der Waals surface area (Å²) < 4.78 is 13.9. The van der Waals surface area contributed by atoms with Crippen molar-refractivity contribution in [3.63, 3.8) is 0 Å². The van der Waals surface area contributed by atoms with Crippen LogP contribution in [0.4, 0.5) is 0 Å². The van der Waals surface area contributed by atoms with Gasteiger partial charge in [-0.1, -0.05) is 0 Å². The number of aromatic carboxylic acids is 1. The molecule has 5 aromatic rings. The number of carbonyl (C=O) groups is 2. The molecule has 0 spiro atoms. The number of ether oxygens (including phenoxy) is 1. The van der Waals surface area contributed by atoms with Gasteiger partial charge in [-0.05, 0) is 0 Å². The van der Waals surface area contributed by atoms with Gasteiger partial charge < -0.3 is 0 Å². The summed E-state index contributed by atoms with van der Waals surface area (Å²) in [4.78, 5) is 37.5. The number of rotatable bonds is 2. The predicted molar refractivity (Wildman–Crippen MR) is 134 cm³/mol. The van der Waals surface area contributed by atoms with Crippen molar-refractivity contribution in [3.8, 4) is 5.75 Å². The van der Waals surface area contributed by atoms with Crippen molar-refractivity contribution in [1.82, 2.24) is 0 Å². The summed E-state index contributed by atoms with van der Waals surface area (Å²) in [6.45, 7) is 0.162. The second kappa shape index (κ2) is 9.06. The second-order valence-corrected chi connectivity index (χ2v) is 11.9. The number of hydrogen-bond acceptors (Lipinski definition) is 5. The van der Waals surface area contributed by atoms with Gasteiger partial charge in [0.15, 0.2) is 0 Å². The number of carboxylic acid groups (broad SMARTS) is 2. The van der Waals surface area contributed by atoms with Gasteiger partial charge in [0.2, 0.25) is 0 Å². The maximum absolute atomic E-state index is 11.6. The van der Waals surface area contributed by atoms with Crippen LogP contribution in [0.15, 0.2) is 65.5 Å². The number of carboxylic acids is 2. The molecular weight excluding hydrogens is 638 g/mol. The van der Waals surface area contributed by atoms with Crippen molar-refractivity contribution >= 4 is 93.2 Å². The minimum absolute atomic E-state index is 0.0916. The van der Waals surface area contributed by atoms with Gasteiger partial charge in [-0.3, -0.25) is 0 Å². The van der Waals surface area contributed by atoms with Gasteiger partial charge >= 0.3 is 212 Å². The van der Waals surface area contributed by atoms with Crippen molar-refractivity contribution < 1.29 is 29.0 Å². The van der Waals surface area contributed by atoms with Crippen LogP contribution < -0.4 is 10.4 Å². The van der Waals surface area contributed by atoms with Gasteiger partial charge in [0, 0.05) is 0 Å². The molecule has 1 aliphatic heterocycles. The zero-order chi connectivity index (χ0) is 24.0. The Morgan fingerprint density at radius 1 is 0.971 bits per heavy atom. The van der Waals surface area contributed by atoms with E-state index in [1.54, 1.807) is 12.1 Å². The first-order chi connectivity index (χ1) is 16.3. The molecule has 0 aliphatic carbocycles. The summed E-state index contributed by atoms with van der Waals surface area (Å²) in [6, 6.07) is 11.1. The topological polar surface area (TPSA) is 114 Å². The number of aliphatic carboxylic acids is 1. The first kappa shape index (κ1) is 22.9. The third kappa shape index (κ3) is 4.08. The summed E-state index contributed by atoms with van der Waals surface area (Å²) in [5.74, 6) is -1.31. The number of fused-ring (bicyclic) bond motifs is 6. The third-order valence-electron chi connectivity index (χ3n) is 5.21.